The Balaban J connectivity index is 2.02. The van der Waals surface area contributed by atoms with Crippen LogP contribution in [0.4, 0.5) is 5.69 Å². The van der Waals surface area contributed by atoms with Gasteiger partial charge in [-0.3, -0.25) is 14.9 Å². The van der Waals surface area contributed by atoms with Gasteiger partial charge >= 0.3 is 0 Å². The molecule has 2 aromatic carbocycles. The molecule has 0 saturated carbocycles. The van der Waals surface area contributed by atoms with Crippen molar-refractivity contribution in [2.45, 2.75) is 9.79 Å². The summed E-state index contributed by atoms with van der Waals surface area (Å²) < 4.78 is 66.6. The molecule has 0 bridgehead atoms. The molecule has 0 unspecified atom stereocenters. The zero-order chi connectivity index (χ0) is 23.0. The van der Waals surface area contributed by atoms with Gasteiger partial charge in [-0.1, -0.05) is 0 Å². The number of nitrogens with zero attached hydrogens (tertiary/aromatic N) is 2. The summed E-state index contributed by atoms with van der Waals surface area (Å²) in [5.41, 5.74) is -1.77. The number of aromatic nitrogens is 2. The molecular weight excluding hydrogens is 454 g/mol. The van der Waals surface area contributed by atoms with E-state index in [1.165, 1.54) is 12.1 Å². The minimum absolute atomic E-state index is 0.0320. The van der Waals surface area contributed by atoms with E-state index < -0.39 is 52.8 Å². The molecule has 0 aliphatic carbocycles. The molecule has 1 aromatic heterocycles. The lowest BCUT2D eigenvalue weighted by Crippen LogP contribution is -2.24. The Bertz CT molecular complexity index is 1450. The zero-order valence-corrected chi connectivity index (χ0v) is 16.7. The van der Waals surface area contributed by atoms with Gasteiger partial charge in [0, 0.05) is 6.21 Å². The fraction of sp³-hybridized carbons (Fsp3) is 0. The third-order valence-electron chi connectivity index (χ3n) is 3.98. The van der Waals surface area contributed by atoms with Crippen molar-refractivity contribution in [3.05, 3.63) is 70.1 Å². The van der Waals surface area contributed by atoms with Crippen molar-refractivity contribution in [1.29, 1.82) is 0 Å². The highest BCUT2D eigenvalue weighted by molar-refractivity contribution is 7.86. The van der Waals surface area contributed by atoms with E-state index >= 15 is 0 Å². The molecule has 3 aromatic rings. The smallest absolute Gasteiger partial charge is 0.280 e. The Labute approximate surface area is 174 Å². The predicted molar refractivity (Wildman–Crippen MR) is 100 cm³/mol. The van der Waals surface area contributed by atoms with E-state index in [-0.39, 0.29) is 11.4 Å². The molecule has 0 amide bonds. The van der Waals surface area contributed by atoms with Crippen LogP contribution in [0.5, 0.6) is 0 Å². The van der Waals surface area contributed by atoms with Gasteiger partial charge in [0.2, 0.25) is 0 Å². The van der Waals surface area contributed by atoms with Crippen LogP contribution in [0.1, 0.15) is 16.1 Å². The van der Waals surface area contributed by atoms with Gasteiger partial charge in [0.25, 0.3) is 5.56 Å². The van der Waals surface area contributed by atoms with Crippen LogP contribution in [-0.4, -0.2) is 47.9 Å². The van der Waals surface area contributed by atoms with Gasteiger partial charge in [0.15, 0.2) is 0 Å². The fourth-order valence-electron chi connectivity index (χ4n) is 2.51. The third kappa shape index (κ3) is 4.77. The number of aliphatic imine (C=N–C) groups is 1. The van der Waals surface area contributed by atoms with Gasteiger partial charge in [0.05, 0.1) is 38.4 Å². The second-order valence-electron chi connectivity index (χ2n) is 5.98. The highest BCUT2D eigenvalue weighted by atomic mass is 32.2. The number of rotatable bonds is 6. The maximum Gasteiger partial charge on any atom is 0.280 e. The lowest BCUT2D eigenvalue weighted by Gasteiger charge is -2.08. The van der Waals surface area contributed by atoms with E-state index in [2.05, 4.69) is 10.1 Å². The summed E-state index contributed by atoms with van der Waals surface area (Å²) in [6.07, 6.45) is 0.900. The largest absolute Gasteiger partial charge is 0.744 e. The van der Waals surface area contributed by atoms with E-state index in [0.29, 0.717) is 0 Å². The number of aromatic amines is 1. The number of hydrogen-bond donors (Lipinski definition) is 1. The second kappa shape index (κ2) is 7.92. The van der Waals surface area contributed by atoms with Crippen molar-refractivity contribution in [2.24, 2.45) is 4.99 Å². The van der Waals surface area contributed by atoms with Crippen LogP contribution in [-0.2, 0) is 20.2 Å². The quantitative estimate of drug-likeness (QED) is 0.353. The molecule has 3 rings (SSSR count). The van der Waals surface area contributed by atoms with E-state index in [1.54, 1.807) is 0 Å². The zero-order valence-electron chi connectivity index (χ0n) is 15.1. The molecule has 0 atom stereocenters. The SMILES string of the molecule is O=C([O-])c1[nH]n(-c2ccc(S(=O)(=O)[O-])cc2)c(=O)c1C=Nc1ccc(S(=O)(=O)[O-])cc1. The topological polar surface area (TPSA) is 205 Å². The van der Waals surface area contributed by atoms with Gasteiger partial charge in [0.1, 0.15) is 20.2 Å². The number of aromatic carboxylic acids is 1. The van der Waals surface area contributed by atoms with E-state index in [4.69, 9.17) is 0 Å². The molecule has 0 aliphatic rings. The number of benzene rings is 2. The average molecular weight is 464 g/mol. The standard InChI is InChI=1S/C17H13N3O9S2/c21-16-14(9-18-10-1-5-12(6-2-10)30(24,25)26)15(17(22)23)19-20(16)11-3-7-13(8-4-11)31(27,28)29/h1-9,19H,(H,22,23)(H,24,25,26)(H,27,28,29)/p-3. The van der Waals surface area contributed by atoms with Gasteiger partial charge in [-0.2, -0.15) is 0 Å². The summed E-state index contributed by atoms with van der Waals surface area (Å²) in [6.45, 7) is 0. The summed E-state index contributed by atoms with van der Waals surface area (Å²) in [4.78, 5) is 26.9. The maximum absolute atomic E-state index is 12.6. The molecule has 162 valence electrons. The lowest BCUT2D eigenvalue weighted by atomic mass is 10.2. The first-order chi connectivity index (χ1) is 14.4. The Morgan fingerprint density at radius 3 is 1.84 bits per heavy atom. The number of carbonyl (C=O) groups is 1. The molecule has 31 heavy (non-hydrogen) atoms. The lowest BCUT2D eigenvalue weighted by molar-refractivity contribution is -0.255. The number of carboxylic acid groups (broad SMARTS) is 1. The first-order valence-corrected chi connectivity index (χ1v) is 10.9. The summed E-state index contributed by atoms with van der Waals surface area (Å²) in [7, 11) is -9.36. The predicted octanol–water partition coefficient (Wildman–Crippen LogP) is -0.912. The van der Waals surface area contributed by atoms with Gasteiger partial charge in [-0.15, -0.1) is 0 Å². The monoisotopic (exact) mass is 464 g/mol. The molecule has 0 spiro atoms. The number of carbonyl (C=O) groups excluding carboxylic acids is 1. The minimum atomic E-state index is -4.71. The number of hydrogen-bond acceptors (Lipinski definition) is 10. The molecule has 12 nitrogen and oxygen atoms in total. The van der Waals surface area contributed by atoms with Crippen LogP contribution in [0.15, 0.2) is 68.1 Å². The van der Waals surface area contributed by atoms with E-state index in [0.717, 1.165) is 47.3 Å². The molecule has 1 N–H and O–H groups in total. The highest BCUT2D eigenvalue weighted by Gasteiger charge is 2.15. The van der Waals surface area contributed by atoms with E-state index in [1.807, 2.05) is 0 Å². The van der Waals surface area contributed by atoms with Crippen molar-refractivity contribution in [2.75, 3.05) is 0 Å². The Morgan fingerprint density at radius 2 is 1.39 bits per heavy atom. The molecule has 1 heterocycles. The average Bonchev–Trinajstić information content (AvgIpc) is 3.02. The number of carboxylic acids is 1. The van der Waals surface area contributed by atoms with Crippen LogP contribution >= 0.6 is 0 Å². The Morgan fingerprint density at radius 1 is 0.903 bits per heavy atom. The Hall–Kier alpha value is -3.59. The van der Waals surface area contributed by atoms with Crippen molar-refractivity contribution >= 4 is 38.1 Å². The molecule has 0 saturated heterocycles. The number of nitrogens with one attached hydrogen (secondary N) is 1. The first kappa shape index (κ1) is 22.1. The van der Waals surface area contributed by atoms with Gasteiger partial charge in [-0.05, 0) is 48.5 Å². The van der Waals surface area contributed by atoms with Crippen molar-refractivity contribution in [3.8, 4) is 5.69 Å². The molecule has 0 fully saturated rings. The molecular formula is C17H10N3O9S2-3. The van der Waals surface area contributed by atoms with E-state index in [9.17, 15) is 40.6 Å². The summed E-state index contributed by atoms with van der Waals surface area (Å²) >= 11 is 0. The van der Waals surface area contributed by atoms with Crippen LogP contribution in [0.25, 0.3) is 5.69 Å². The molecule has 14 heteroatoms. The summed E-state index contributed by atoms with van der Waals surface area (Å²) in [6, 6.07) is 8.47. The minimum Gasteiger partial charge on any atom is -0.744 e. The van der Waals surface area contributed by atoms with Crippen LogP contribution in [0, 0.1) is 0 Å². The fourth-order valence-corrected chi connectivity index (χ4v) is 3.45. The normalized spacial score (nSPS) is 12.3. The molecule has 0 radical (unpaired) electrons. The van der Waals surface area contributed by atoms with Crippen LogP contribution < -0.4 is 10.7 Å². The highest BCUT2D eigenvalue weighted by Crippen LogP contribution is 2.17. The summed E-state index contributed by atoms with van der Waals surface area (Å²) in [5.74, 6) is -1.73. The number of H-pyrrole nitrogens is 1. The van der Waals surface area contributed by atoms with Crippen LogP contribution in [0.3, 0.4) is 0 Å². The van der Waals surface area contributed by atoms with Gasteiger partial charge in [-0.25, -0.2) is 21.5 Å². The van der Waals surface area contributed by atoms with Crippen molar-refractivity contribution in [1.82, 2.24) is 9.78 Å². The van der Waals surface area contributed by atoms with Gasteiger partial charge < -0.3 is 19.0 Å². The van der Waals surface area contributed by atoms with Crippen molar-refractivity contribution in [3.63, 3.8) is 0 Å². The summed E-state index contributed by atoms with van der Waals surface area (Å²) in [5, 5.41) is 13.7. The third-order valence-corrected chi connectivity index (χ3v) is 5.68. The van der Waals surface area contributed by atoms with Crippen molar-refractivity contribution < 1.29 is 35.8 Å². The Kier molecular flexibility index (Phi) is 5.64. The second-order valence-corrected chi connectivity index (χ2v) is 8.74. The van der Waals surface area contributed by atoms with Crippen LogP contribution in [0.2, 0.25) is 0 Å². The maximum atomic E-state index is 12.6. The molecule has 0 aliphatic heterocycles. The first-order valence-electron chi connectivity index (χ1n) is 8.10.